The van der Waals surface area contributed by atoms with Crippen molar-refractivity contribution >= 4 is 11.6 Å². The van der Waals surface area contributed by atoms with E-state index in [-0.39, 0.29) is 16.8 Å². The number of nitrogens with zero attached hydrogens (tertiary/aromatic N) is 1. The third-order valence-electron chi connectivity index (χ3n) is 2.38. The van der Waals surface area contributed by atoms with Crippen LogP contribution < -0.4 is 11.2 Å². The normalized spacial score (nSPS) is 12.8. The topological polar surface area (TPSA) is 64.1 Å². The maximum Gasteiger partial charge on any atom is 0.329 e. The van der Waals surface area contributed by atoms with E-state index in [1.165, 1.54) is 7.11 Å². The monoisotopic (exact) mass is 246 g/mol. The second-order valence-corrected chi connectivity index (χ2v) is 3.93. The van der Waals surface area contributed by atoms with E-state index in [1.54, 1.807) is 6.92 Å². The summed E-state index contributed by atoms with van der Waals surface area (Å²) in [5, 5.41) is 0.123. The maximum absolute atomic E-state index is 12.0. The van der Waals surface area contributed by atoms with Crippen molar-refractivity contribution in [2.75, 3.05) is 13.7 Å². The molecule has 0 amide bonds. The zero-order chi connectivity index (χ0) is 12.3. The molecular weight excluding hydrogens is 232 g/mol. The Balaban J connectivity index is 3.40. The maximum atomic E-state index is 12.0. The molecule has 0 saturated heterocycles. The Kier molecular flexibility index (Phi) is 4.32. The van der Waals surface area contributed by atoms with E-state index < -0.39 is 5.69 Å². The highest BCUT2D eigenvalue weighted by atomic mass is 35.5. The predicted molar refractivity (Wildman–Crippen MR) is 62.3 cm³/mol. The van der Waals surface area contributed by atoms with Crippen LogP contribution in [0.3, 0.4) is 0 Å². The van der Waals surface area contributed by atoms with Gasteiger partial charge in [0.2, 0.25) is 0 Å². The van der Waals surface area contributed by atoms with Gasteiger partial charge < -0.3 is 4.74 Å². The first-order chi connectivity index (χ1) is 7.52. The predicted octanol–water partition coefficient (Wildman–Crippen LogP) is 0.960. The minimum Gasteiger partial charge on any atom is -0.383 e. The Labute approximate surface area is 98.0 Å². The van der Waals surface area contributed by atoms with Crippen molar-refractivity contribution in [1.82, 2.24) is 9.55 Å². The molecule has 0 saturated carbocycles. The fraction of sp³-hybridized carbons (Fsp3) is 0.600. The molecule has 1 aromatic heterocycles. The lowest BCUT2D eigenvalue weighted by Crippen LogP contribution is -2.40. The lowest BCUT2D eigenvalue weighted by Gasteiger charge is -2.14. The van der Waals surface area contributed by atoms with Crippen LogP contribution in [-0.2, 0) is 11.2 Å². The minimum atomic E-state index is -0.503. The lowest BCUT2D eigenvalue weighted by molar-refractivity contribution is 0.158. The van der Waals surface area contributed by atoms with Gasteiger partial charge in [-0.3, -0.25) is 14.3 Å². The smallest absolute Gasteiger partial charge is 0.329 e. The SMILES string of the molecule is CCc1c(Cl)[nH]c(=O)n(C(C)COC)c1=O. The van der Waals surface area contributed by atoms with Crippen molar-refractivity contribution in [3.8, 4) is 0 Å². The minimum absolute atomic E-state index is 0.123. The fourth-order valence-electron chi connectivity index (χ4n) is 1.58. The molecule has 1 heterocycles. The molecule has 5 nitrogen and oxygen atoms in total. The summed E-state index contributed by atoms with van der Waals surface area (Å²) >= 11 is 5.79. The Morgan fingerprint density at radius 3 is 2.62 bits per heavy atom. The summed E-state index contributed by atoms with van der Waals surface area (Å²) in [6.07, 6.45) is 0.480. The van der Waals surface area contributed by atoms with Gasteiger partial charge in [-0.25, -0.2) is 4.79 Å². The summed E-state index contributed by atoms with van der Waals surface area (Å²) in [7, 11) is 1.52. The molecule has 16 heavy (non-hydrogen) atoms. The van der Waals surface area contributed by atoms with Gasteiger partial charge in [0.05, 0.1) is 18.2 Å². The fourth-order valence-corrected chi connectivity index (χ4v) is 1.88. The van der Waals surface area contributed by atoms with Crippen molar-refractivity contribution in [3.63, 3.8) is 0 Å². The van der Waals surface area contributed by atoms with Gasteiger partial charge in [-0.1, -0.05) is 18.5 Å². The zero-order valence-corrected chi connectivity index (χ0v) is 10.3. The van der Waals surface area contributed by atoms with Gasteiger partial charge in [-0.2, -0.15) is 0 Å². The van der Waals surface area contributed by atoms with Crippen LogP contribution in [0.2, 0.25) is 5.15 Å². The molecule has 0 fully saturated rings. The average molecular weight is 247 g/mol. The standard InChI is InChI=1S/C10H15ClN2O3/c1-4-7-8(11)12-10(15)13(9(7)14)6(2)5-16-3/h6H,4-5H2,1-3H3,(H,12,15). The average Bonchev–Trinajstić information content (AvgIpc) is 2.17. The Morgan fingerprint density at radius 2 is 2.12 bits per heavy atom. The molecule has 1 unspecified atom stereocenters. The molecule has 90 valence electrons. The Morgan fingerprint density at radius 1 is 1.50 bits per heavy atom. The summed E-state index contributed by atoms with van der Waals surface area (Å²) in [6.45, 7) is 3.85. The number of nitrogens with one attached hydrogen (secondary N) is 1. The van der Waals surface area contributed by atoms with Gasteiger partial charge in [0.15, 0.2) is 0 Å². The number of ether oxygens (including phenoxy) is 1. The number of hydrogen-bond acceptors (Lipinski definition) is 3. The molecule has 0 aliphatic carbocycles. The van der Waals surface area contributed by atoms with Crippen LogP contribution in [0, 0.1) is 0 Å². The molecule has 1 aromatic rings. The quantitative estimate of drug-likeness (QED) is 0.805. The molecule has 0 bridgehead atoms. The van der Waals surface area contributed by atoms with Crippen LogP contribution in [0.1, 0.15) is 25.5 Å². The van der Waals surface area contributed by atoms with E-state index in [9.17, 15) is 9.59 Å². The highest BCUT2D eigenvalue weighted by Crippen LogP contribution is 2.08. The van der Waals surface area contributed by atoms with Crippen LogP contribution in [0.15, 0.2) is 9.59 Å². The Hall–Kier alpha value is -1.07. The third kappa shape index (κ3) is 2.36. The van der Waals surface area contributed by atoms with E-state index in [4.69, 9.17) is 16.3 Å². The first kappa shape index (κ1) is 13.0. The number of aromatic amines is 1. The Bertz CT molecular complexity index is 478. The van der Waals surface area contributed by atoms with Crippen molar-refractivity contribution < 1.29 is 4.74 Å². The largest absolute Gasteiger partial charge is 0.383 e. The molecule has 0 aliphatic heterocycles. The van der Waals surface area contributed by atoms with Crippen LogP contribution in [0.5, 0.6) is 0 Å². The van der Waals surface area contributed by atoms with Crippen LogP contribution in [0.4, 0.5) is 0 Å². The third-order valence-corrected chi connectivity index (χ3v) is 2.70. The van der Waals surface area contributed by atoms with Crippen LogP contribution in [0.25, 0.3) is 0 Å². The van der Waals surface area contributed by atoms with Gasteiger partial charge in [-0.15, -0.1) is 0 Å². The molecule has 1 atom stereocenters. The summed E-state index contributed by atoms with van der Waals surface area (Å²) in [5.41, 5.74) is -0.429. The highest BCUT2D eigenvalue weighted by Gasteiger charge is 2.15. The van der Waals surface area contributed by atoms with Crippen LogP contribution >= 0.6 is 11.6 Å². The number of rotatable bonds is 4. The summed E-state index contributed by atoms with van der Waals surface area (Å²) < 4.78 is 6.06. The number of methoxy groups -OCH3 is 1. The molecule has 0 radical (unpaired) electrons. The van der Waals surface area contributed by atoms with E-state index in [0.29, 0.717) is 18.6 Å². The number of halogens is 1. The molecule has 0 spiro atoms. The van der Waals surface area contributed by atoms with Crippen LogP contribution in [-0.4, -0.2) is 23.3 Å². The van der Waals surface area contributed by atoms with E-state index in [1.807, 2.05) is 6.92 Å². The van der Waals surface area contributed by atoms with E-state index in [0.717, 1.165) is 4.57 Å². The first-order valence-corrected chi connectivity index (χ1v) is 5.42. The van der Waals surface area contributed by atoms with Gasteiger partial charge >= 0.3 is 5.69 Å². The lowest BCUT2D eigenvalue weighted by atomic mass is 10.2. The zero-order valence-electron chi connectivity index (χ0n) is 9.54. The highest BCUT2D eigenvalue weighted by molar-refractivity contribution is 6.30. The van der Waals surface area contributed by atoms with E-state index in [2.05, 4.69) is 4.98 Å². The molecule has 0 aliphatic rings. The van der Waals surface area contributed by atoms with Gasteiger partial charge in [0.25, 0.3) is 5.56 Å². The molecule has 1 rings (SSSR count). The van der Waals surface area contributed by atoms with Gasteiger partial charge in [0.1, 0.15) is 5.15 Å². The van der Waals surface area contributed by atoms with E-state index >= 15 is 0 Å². The summed E-state index contributed by atoms with van der Waals surface area (Å²) in [4.78, 5) is 26.0. The second-order valence-electron chi connectivity index (χ2n) is 3.56. The molecule has 0 aromatic carbocycles. The van der Waals surface area contributed by atoms with Crippen molar-refractivity contribution in [1.29, 1.82) is 0 Å². The van der Waals surface area contributed by atoms with Crippen molar-refractivity contribution in [2.45, 2.75) is 26.3 Å². The van der Waals surface area contributed by atoms with Gasteiger partial charge in [-0.05, 0) is 13.3 Å². The number of hydrogen-bond donors (Lipinski definition) is 1. The molecule has 1 N–H and O–H groups in total. The van der Waals surface area contributed by atoms with Crippen molar-refractivity contribution in [3.05, 3.63) is 31.6 Å². The summed E-state index contributed by atoms with van der Waals surface area (Å²) in [6, 6.07) is -0.316. The molecule has 6 heteroatoms. The first-order valence-electron chi connectivity index (χ1n) is 5.05. The van der Waals surface area contributed by atoms with Crippen molar-refractivity contribution in [2.24, 2.45) is 0 Å². The number of H-pyrrole nitrogens is 1. The second kappa shape index (κ2) is 5.32. The van der Waals surface area contributed by atoms with Gasteiger partial charge in [0, 0.05) is 7.11 Å². The number of aromatic nitrogens is 2. The summed E-state index contributed by atoms with van der Waals surface area (Å²) in [5.74, 6) is 0. The molecular formula is C10H15ClN2O3.